The Bertz CT molecular complexity index is 1430. The lowest BCUT2D eigenvalue weighted by Crippen LogP contribution is -2.34. The Morgan fingerprint density at radius 2 is 1.91 bits per heavy atom. The normalized spacial score (nSPS) is 10.7. The lowest BCUT2D eigenvalue weighted by atomic mass is 10.1. The maximum absolute atomic E-state index is 12.6. The van der Waals surface area contributed by atoms with Gasteiger partial charge in [0.15, 0.2) is 10.9 Å². The van der Waals surface area contributed by atoms with Crippen LogP contribution < -0.4 is 15.4 Å². The summed E-state index contributed by atoms with van der Waals surface area (Å²) in [5.41, 5.74) is 1.60. The first kappa shape index (κ1) is 23.8. The topological polar surface area (TPSA) is 106 Å². The van der Waals surface area contributed by atoms with E-state index in [0.717, 1.165) is 16.3 Å². The first-order chi connectivity index (χ1) is 16.3. The number of nitro groups is 1. The maximum atomic E-state index is 12.6. The highest BCUT2D eigenvalue weighted by atomic mass is 35.5. The Balaban J connectivity index is 1.55. The zero-order chi connectivity index (χ0) is 24.4. The highest BCUT2D eigenvalue weighted by Gasteiger charge is 2.19. The summed E-state index contributed by atoms with van der Waals surface area (Å²) in [4.78, 5) is 27.8. The third kappa shape index (κ3) is 4.95. The number of ether oxygens (including phenoxy) is 1. The van der Waals surface area contributed by atoms with E-state index in [0.29, 0.717) is 21.3 Å². The van der Waals surface area contributed by atoms with Crippen LogP contribution in [0.4, 0.5) is 11.4 Å². The second-order valence-corrected chi connectivity index (χ2v) is 9.10. The summed E-state index contributed by atoms with van der Waals surface area (Å²) in [6.07, 6.45) is 0. The fourth-order valence-corrected chi connectivity index (χ4v) is 4.87. The van der Waals surface area contributed by atoms with Gasteiger partial charge >= 0.3 is 5.69 Å². The third-order valence-electron chi connectivity index (χ3n) is 4.69. The summed E-state index contributed by atoms with van der Waals surface area (Å²) < 4.78 is 5.96. The van der Waals surface area contributed by atoms with Gasteiger partial charge in [0.05, 0.1) is 38.0 Å². The van der Waals surface area contributed by atoms with Crippen molar-refractivity contribution in [2.45, 2.75) is 0 Å². The average molecular weight is 533 g/mol. The number of carbonyl (C=O) groups is 1. The van der Waals surface area contributed by atoms with Gasteiger partial charge < -0.3 is 10.1 Å². The number of nitrogens with zero attached hydrogens (tertiary/aromatic N) is 2. The number of para-hydroxylation sites is 1. The smallest absolute Gasteiger partial charge is 0.311 e. The van der Waals surface area contributed by atoms with Crippen molar-refractivity contribution in [2.24, 2.45) is 0 Å². The van der Waals surface area contributed by atoms with Gasteiger partial charge in [-0.15, -0.1) is 11.3 Å². The SMILES string of the molecule is COc1ccc(C(=O)NC(=S)Nc2cc(-c3nc4ccccc4s3)c(Cl)cc2Cl)cc1[N+](=O)[O-]. The molecule has 0 spiro atoms. The standard InChI is InChI=1S/C22H14Cl2N4O4S2/c1-32-18-7-6-11(8-17(18)28(30)31)20(29)27-22(33)26-16-9-12(13(23)10-14(16)24)21-25-15-4-2-3-5-19(15)34-21/h2-10H,1H3,(H2,26,27,29,33). The van der Waals surface area contributed by atoms with Gasteiger partial charge in [-0.05, 0) is 48.6 Å². The van der Waals surface area contributed by atoms with E-state index < -0.39 is 10.8 Å². The summed E-state index contributed by atoms with van der Waals surface area (Å²) in [5.74, 6) is -0.600. The molecule has 12 heteroatoms. The summed E-state index contributed by atoms with van der Waals surface area (Å²) >= 11 is 19.5. The summed E-state index contributed by atoms with van der Waals surface area (Å²) in [6.45, 7) is 0. The van der Waals surface area contributed by atoms with Crippen LogP contribution in [0, 0.1) is 10.1 Å². The molecule has 0 aliphatic carbocycles. The van der Waals surface area contributed by atoms with Gasteiger partial charge in [-0.1, -0.05) is 35.3 Å². The molecule has 1 heterocycles. The van der Waals surface area contributed by atoms with E-state index in [-0.39, 0.29) is 27.1 Å². The monoisotopic (exact) mass is 532 g/mol. The van der Waals surface area contributed by atoms with E-state index >= 15 is 0 Å². The second kappa shape index (κ2) is 9.90. The van der Waals surface area contributed by atoms with Crippen molar-refractivity contribution in [3.05, 3.63) is 80.3 Å². The van der Waals surface area contributed by atoms with Gasteiger partial charge in [0.25, 0.3) is 5.91 Å². The number of rotatable bonds is 5. The van der Waals surface area contributed by atoms with Crippen LogP contribution in [0.2, 0.25) is 10.0 Å². The van der Waals surface area contributed by atoms with E-state index in [4.69, 9.17) is 40.2 Å². The van der Waals surface area contributed by atoms with E-state index in [1.165, 1.54) is 30.6 Å². The number of aromatic nitrogens is 1. The molecule has 0 saturated heterocycles. The fraction of sp³-hybridized carbons (Fsp3) is 0.0455. The van der Waals surface area contributed by atoms with Crippen LogP contribution in [-0.4, -0.2) is 28.0 Å². The molecule has 0 unspecified atom stereocenters. The van der Waals surface area contributed by atoms with Crippen molar-refractivity contribution < 1.29 is 14.5 Å². The van der Waals surface area contributed by atoms with Crippen molar-refractivity contribution in [3.8, 4) is 16.3 Å². The highest BCUT2D eigenvalue weighted by molar-refractivity contribution is 7.80. The van der Waals surface area contributed by atoms with Crippen molar-refractivity contribution in [3.63, 3.8) is 0 Å². The minimum atomic E-state index is -0.639. The van der Waals surface area contributed by atoms with Gasteiger partial charge in [0.2, 0.25) is 0 Å². The minimum Gasteiger partial charge on any atom is -0.490 e. The molecule has 0 bridgehead atoms. The molecule has 0 atom stereocenters. The number of thiazole rings is 1. The molecule has 0 radical (unpaired) electrons. The van der Waals surface area contributed by atoms with Crippen LogP contribution in [0.15, 0.2) is 54.6 Å². The number of amides is 1. The number of hydrogen-bond acceptors (Lipinski definition) is 7. The number of nitro benzene ring substituents is 1. The molecule has 8 nitrogen and oxygen atoms in total. The van der Waals surface area contributed by atoms with Gasteiger partial charge in [-0.2, -0.15) is 0 Å². The number of anilines is 1. The number of hydrogen-bond donors (Lipinski definition) is 2. The Morgan fingerprint density at radius 1 is 1.15 bits per heavy atom. The van der Waals surface area contributed by atoms with Crippen molar-refractivity contribution >= 4 is 79.4 Å². The lowest BCUT2D eigenvalue weighted by Gasteiger charge is -2.13. The first-order valence-electron chi connectivity index (χ1n) is 9.56. The predicted molar refractivity (Wildman–Crippen MR) is 138 cm³/mol. The first-order valence-corrected chi connectivity index (χ1v) is 11.5. The van der Waals surface area contributed by atoms with Gasteiger partial charge in [0, 0.05) is 17.2 Å². The minimum absolute atomic E-state index is 0.0361. The summed E-state index contributed by atoms with van der Waals surface area (Å²) in [7, 11) is 1.31. The van der Waals surface area contributed by atoms with Crippen LogP contribution >= 0.6 is 46.8 Å². The third-order valence-corrected chi connectivity index (χ3v) is 6.59. The Kier molecular flexibility index (Phi) is 6.94. The van der Waals surface area contributed by atoms with Gasteiger partial charge in [-0.3, -0.25) is 20.2 Å². The predicted octanol–water partition coefficient (Wildman–Crippen LogP) is 6.31. The summed E-state index contributed by atoms with van der Waals surface area (Å²) in [5, 5.41) is 17.9. The Morgan fingerprint density at radius 3 is 2.62 bits per heavy atom. The molecule has 2 N–H and O–H groups in total. The van der Waals surface area contributed by atoms with E-state index in [2.05, 4.69) is 15.6 Å². The number of carbonyl (C=O) groups excluding carboxylic acids is 1. The number of methoxy groups -OCH3 is 1. The molecule has 0 aliphatic rings. The molecule has 1 amide bonds. The lowest BCUT2D eigenvalue weighted by molar-refractivity contribution is -0.385. The summed E-state index contributed by atoms with van der Waals surface area (Å²) in [6, 6.07) is 14.8. The maximum Gasteiger partial charge on any atom is 0.311 e. The number of fused-ring (bicyclic) bond motifs is 1. The molecule has 1 aromatic heterocycles. The molecular formula is C22H14Cl2N4O4S2. The van der Waals surface area contributed by atoms with E-state index in [1.54, 1.807) is 12.1 Å². The van der Waals surface area contributed by atoms with E-state index in [1.807, 2.05) is 24.3 Å². The van der Waals surface area contributed by atoms with Gasteiger partial charge in [0.1, 0.15) is 5.01 Å². The molecule has 0 fully saturated rings. The Labute approximate surface area is 212 Å². The van der Waals surface area contributed by atoms with Crippen LogP contribution in [0.25, 0.3) is 20.8 Å². The quantitative estimate of drug-likeness (QED) is 0.176. The van der Waals surface area contributed by atoms with E-state index in [9.17, 15) is 14.9 Å². The van der Waals surface area contributed by atoms with Gasteiger partial charge in [-0.25, -0.2) is 4.98 Å². The molecule has 34 heavy (non-hydrogen) atoms. The van der Waals surface area contributed by atoms with Crippen LogP contribution in [0.5, 0.6) is 5.75 Å². The molecule has 0 saturated carbocycles. The zero-order valence-corrected chi connectivity index (χ0v) is 20.4. The largest absolute Gasteiger partial charge is 0.490 e. The highest BCUT2D eigenvalue weighted by Crippen LogP contribution is 2.39. The van der Waals surface area contributed by atoms with Crippen LogP contribution in [0.3, 0.4) is 0 Å². The number of nitrogens with one attached hydrogen (secondary N) is 2. The Hall–Kier alpha value is -3.31. The van der Waals surface area contributed by atoms with Crippen LogP contribution in [0.1, 0.15) is 10.4 Å². The van der Waals surface area contributed by atoms with Crippen molar-refractivity contribution in [2.75, 3.05) is 12.4 Å². The number of benzene rings is 3. The molecule has 4 rings (SSSR count). The zero-order valence-electron chi connectivity index (χ0n) is 17.3. The molecule has 0 aliphatic heterocycles. The number of halogens is 2. The average Bonchev–Trinajstić information content (AvgIpc) is 3.24. The molecular weight excluding hydrogens is 519 g/mol. The molecule has 172 valence electrons. The van der Waals surface area contributed by atoms with Crippen LogP contribution in [-0.2, 0) is 0 Å². The van der Waals surface area contributed by atoms with Crippen molar-refractivity contribution in [1.29, 1.82) is 0 Å². The number of thiocarbonyl (C=S) groups is 1. The van der Waals surface area contributed by atoms with Crippen molar-refractivity contribution in [1.82, 2.24) is 10.3 Å². The fourth-order valence-electron chi connectivity index (χ4n) is 3.10. The molecule has 3 aromatic carbocycles. The molecule has 4 aromatic rings. The second-order valence-electron chi connectivity index (χ2n) is 6.85.